The molecule has 0 bridgehead atoms. The van der Waals surface area contributed by atoms with Gasteiger partial charge in [-0.05, 0) is 48.9 Å². The van der Waals surface area contributed by atoms with Crippen molar-refractivity contribution in [2.75, 3.05) is 10.6 Å². The summed E-state index contributed by atoms with van der Waals surface area (Å²) >= 11 is 12.0. The van der Waals surface area contributed by atoms with E-state index < -0.39 is 0 Å². The SMILES string of the molecule is CCCCC(=O)Nc1ccc(NC(=O)c2ccc(Cl)cc2)c(Cl)c1. The molecule has 0 aliphatic carbocycles. The van der Waals surface area contributed by atoms with E-state index in [0.717, 1.165) is 12.8 Å². The molecule has 126 valence electrons. The van der Waals surface area contributed by atoms with Crippen LogP contribution in [0.3, 0.4) is 0 Å². The minimum Gasteiger partial charge on any atom is -0.326 e. The Kier molecular flexibility index (Phi) is 6.64. The number of hydrogen-bond donors (Lipinski definition) is 2. The number of rotatable bonds is 6. The van der Waals surface area contributed by atoms with Crippen molar-refractivity contribution < 1.29 is 9.59 Å². The maximum atomic E-state index is 12.2. The number of halogens is 2. The first-order chi connectivity index (χ1) is 11.5. The molecular formula is C18H18Cl2N2O2. The highest BCUT2D eigenvalue weighted by atomic mass is 35.5. The lowest BCUT2D eigenvalue weighted by Crippen LogP contribution is -2.13. The van der Waals surface area contributed by atoms with Crippen LogP contribution in [-0.2, 0) is 4.79 Å². The van der Waals surface area contributed by atoms with Gasteiger partial charge in [-0.15, -0.1) is 0 Å². The van der Waals surface area contributed by atoms with Crippen LogP contribution in [0.25, 0.3) is 0 Å². The number of amides is 2. The number of benzene rings is 2. The molecule has 0 fully saturated rings. The summed E-state index contributed by atoms with van der Waals surface area (Å²) in [7, 11) is 0. The third-order valence-electron chi connectivity index (χ3n) is 3.36. The molecule has 0 aliphatic rings. The van der Waals surface area contributed by atoms with Crippen molar-refractivity contribution in [3.05, 3.63) is 58.1 Å². The molecule has 0 saturated heterocycles. The number of hydrogen-bond acceptors (Lipinski definition) is 2. The van der Waals surface area contributed by atoms with E-state index in [0.29, 0.717) is 33.4 Å². The smallest absolute Gasteiger partial charge is 0.255 e. The molecule has 0 spiro atoms. The van der Waals surface area contributed by atoms with Crippen LogP contribution in [-0.4, -0.2) is 11.8 Å². The molecule has 2 aromatic rings. The lowest BCUT2D eigenvalue weighted by molar-refractivity contribution is -0.116. The molecule has 0 unspecified atom stereocenters. The van der Waals surface area contributed by atoms with E-state index in [1.165, 1.54) is 0 Å². The second-order valence-electron chi connectivity index (χ2n) is 5.31. The second kappa shape index (κ2) is 8.71. The first-order valence-electron chi connectivity index (χ1n) is 7.66. The highest BCUT2D eigenvalue weighted by Gasteiger charge is 2.10. The Hall–Kier alpha value is -2.04. The van der Waals surface area contributed by atoms with Crippen LogP contribution in [0.4, 0.5) is 11.4 Å². The van der Waals surface area contributed by atoms with Gasteiger partial charge in [0.05, 0.1) is 10.7 Å². The van der Waals surface area contributed by atoms with Crippen LogP contribution in [0.1, 0.15) is 36.5 Å². The van der Waals surface area contributed by atoms with Crippen molar-refractivity contribution in [2.24, 2.45) is 0 Å². The fourth-order valence-corrected chi connectivity index (χ4v) is 2.40. The topological polar surface area (TPSA) is 58.2 Å². The average molecular weight is 365 g/mol. The van der Waals surface area contributed by atoms with Gasteiger partial charge in [0.25, 0.3) is 5.91 Å². The molecule has 0 atom stereocenters. The van der Waals surface area contributed by atoms with Gasteiger partial charge < -0.3 is 10.6 Å². The second-order valence-corrected chi connectivity index (χ2v) is 6.15. The van der Waals surface area contributed by atoms with Crippen LogP contribution < -0.4 is 10.6 Å². The van der Waals surface area contributed by atoms with Crippen molar-refractivity contribution in [2.45, 2.75) is 26.2 Å². The third kappa shape index (κ3) is 5.25. The first-order valence-corrected chi connectivity index (χ1v) is 8.41. The van der Waals surface area contributed by atoms with Crippen molar-refractivity contribution >= 4 is 46.4 Å². The number of anilines is 2. The zero-order valence-corrected chi connectivity index (χ0v) is 14.7. The summed E-state index contributed by atoms with van der Waals surface area (Å²) in [6.07, 6.45) is 2.28. The molecule has 2 rings (SSSR count). The van der Waals surface area contributed by atoms with Gasteiger partial charge in [0.1, 0.15) is 0 Å². The van der Waals surface area contributed by atoms with Gasteiger partial charge in [-0.3, -0.25) is 9.59 Å². The van der Waals surface area contributed by atoms with Gasteiger partial charge in [-0.2, -0.15) is 0 Å². The van der Waals surface area contributed by atoms with Gasteiger partial charge in [0.15, 0.2) is 0 Å². The van der Waals surface area contributed by atoms with Gasteiger partial charge in [0.2, 0.25) is 5.91 Å². The quantitative estimate of drug-likeness (QED) is 0.723. The van der Waals surface area contributed by atoms with Gasteiger partial charge >= 0.3 is 0 Å². The maximum Gasteiger partial charge on any atom is 0.255 e. The summed E-state index contributed by atoms with van der Waals surface area (Å²) in [5.41, 5.74) is 1.56. The summed E-state index contributed by atoms with van der Waals surface area (Å²) in [5.74, 6) is -0.334. The van der Waals surface area contributed by atoms with E-state index in [1.807, 2.05) is 6.92 Å². The Labute approximate surface area is 151 Å². The van der Waals surface area contributed by atoms with E-state index in [4.69, 9.17) is 23.2 Å². The molecule has 2 N–H and O–H groups in total. The van der Waals surface area contributed by atoms with Crippen molar-refractivity contribution in [1.29, 1.82) is 0 Å². The Morgan fingerprint density at radius 1 is 1.00 bits per heavy atom. The fraction of sp³-hybridized carbons (Fsp3) is 0.222. The predicted octanol–water partition coefficient (Wildman–Crippen LogP) is 5.37. The highest BCUT2D eigenvalue weighted by Crippen LogP contribution is 2.26. The van der Waals surface area contributed by atoms with E-state index >= 15 is 0 Å². The maximum absolute atomic E-state index is 12.2. The molecule has 0 radical (unpaired) electrons. The molecule has 24 heavy (non-hydrogen) atoms. The summed E-state index contributed by atoms with van der Waals surface area (Å²) in [6.45, 7) is 2.03. The number of unbranched alkanes of at least 4 members (excludes halogenated alkanes) is 1. The lowest BCUT2D eigenvalue weighted by Gasteiger charge is -2.10. The minimum absolute atomic E-state index is 0.0501. The minimum atomic E-state index is -0.284. The van der Waals surface area contributed by atoms with Crippen LogP contribution in [0.15, 0.2) is 42.5 Å². The van der Waals surface area contributed by atoms with Gasteiger partial charge in [-0.1, -0.05) is 36.5 Å². The molecule has 4 nitrogen and oxygen atoms in total. The molecule has 0 saturated carbocycles. The van der Waals surface area contributed by atoms with Gasteiger partial charge in [-0.25, -0.2) is 0 Å². The van der Waals surface area contributed by atoms with Crippen LogP contribution in [0.5, 0.6) is 0 Å². The predicted molar refractivity (Wildman–Crippen MR) is 99.0 cm³/mol. The molecular weight excluding hydrogens is 347 g/mol. The Bertz CT molecular complexity index is 730. The standard InChI is InChI=1S/C18H18Cl2N2O2/c1-2-3-4-17(23)21-14-9-10-16(15(20)11-14)22-18(24)12-5-7-13(19)8-6-12/h5-11H,2-4H2,1H3,(H,21,23)(H,22,24). The van der Waals surface area contributed by atoms with Crippen LogP contribution >= 0.6 is 23.2 Å². The van der Waals surface area contributed by atoms with E-state index in [9.17, 15) is 9.59 Å². The van der Waals surface area contributed by atoms with E-state index in [1.54, 1.807) is 42.5 Å². The fourth-order valence-electron chi connectivity index (χ4n) is 2.05. The van der Waals surface area contributed by atoms with Crippen LogP contribution in [0, 0.1) is 0 Å². The molecule has 0 aliphatic heterocycles. The number of carbonyl (C=O) groups excluding carboxylic acids is 2. The third-order valence-corrected chi connectivity index (χ3v) is 3.93. The summed E-state index contributed by atoms with van der Waals surface area (Å²) < 4.78 is 0. The molecule has 0 aromatic heterocycles. The lowest BCUT2D eigenvalue weighted by atomic mass is 10.2. The monoisotopic (exact) mass is 364 g/mol. The molecule has 6 heteroatoms. The van der Waals surface area contributed by atoms with E-state index in [2.05, 4.69) is 10.6 Å². The Balaban J connectivity index is 2.02. The first kappa shape index (κ1) is 18.3. The largest absolute Gasteiger partial charge is 0.326 e. The van der Waals surface area contributed by atoms with Crippen molar-refractivity contribution in [3.8, 4) is 0 Å². The van der Waals surface area contributed by atoms with E-state index in [-0.39, 0.29) is 11.8 Å². The summed E-state index contributed by atoms with van der Waals surface area (Å²) in [5, 5.41) is 6.43. The summed E-state index contributed by atoms with van der Waals surface area (Å²) in [6, 6.07) is 11.5. The van der Waals surface area contributed by atoms with Gasteiger partial charge in [0, 0.05) is 22.7 Å². The molecule has 2 amide bonds. The summed E-state index contributed by atoms with van der Waals surface area (Å²) in [4.78, 5) is 23.9. The molecule has 0 heterocycles. The zero-order chi connectivity index (χ0) is 17.5. The van der Waals surface area contributed by atoms with Crippen molar-refractivity contribution in [1.82, 2.24) is 0 Å². The Morgan fingerprint density at radius 2 is 1.71 bits per heavy atom. The van der Waals surface area contributed by atoms with Crippen LogP contribution in [0.2, 0.25) is 10.0 Å². The number of nitrogens with one attached hydrogen (secondary N) is 2. The highest BCUT2D eigenvalue weighted by molar-refractivity contribution is 6.34. The normalized spacial score (nSPS) is 10.3. The zero-order valence-electron chi connectivity index (χ0n) is 13.2. The Morgan fingerprint density at radius 3 is 2.33 bits per heavy atom. The number of carbonyl (C=O) groups is 2. The molecule has 2 aromatic carbocycles. The van der Waals surface area contributed by atoms with Crippen molar-refractivity contribution in [3.63, 3.8) is 0 Å². The average Bonchev–Trinajstić information content (AvgIpc) is 2.56.